The summed E-state index contributed by atoms with van der Waals surface area (Å²) < 4.78 is 0. The minimum Gasteiger partial charge on any atom is -0.308 e. The lowest BCUT2D eigenvalue weighted by Crippen LogP contribution is -2.12. The number of rotatable bonds is 4. The number of aromatic nitrogens is 1. The number of nitrogens with zero attached hydrogens (tertiary/aromatic N) is 1. The van der Waals surface area contributed by atoms with E-state index in [1.54, 1.807) is 11.3 Å². The van der Waals surface area contributed by atoms with Gasteiger partial charge in [-0.15, -0.1) is 22.7 Å². The molecule has 2 aromatic heterocycles. The molecule has 2 heterocycles. The molecule has 86 valence electrons. The number of thiophene rings is 1. The van der Waals surface area contributed by atoms with Gasteiger partial charge in [0.05, 0.1) is 11.2 Å². The smallest absolute Gasteiger partial charge is 0.0798 e. The highest BCUT2D eigenvalue weighted by Gasteiger charge is 2.04. The summed E-state index contributed by atoms with van der Waals surface area (Å²) in [7, 11) is 0. The van der Waals surface area contributed by atoms with E-state index in [2.05, 4.69) is 37.1 Å². The lowest BCUT2D eigenvalue weighted by Gasteiger charge is -2.03. The van der Waals surface area contributed by atoms with Crippen LogP contribution in [0.2, 0.25) is 0 Å². The Morgan fingerprint density at radius 1 is 1.25 bits per heavy atom. The van der Waals surface area contributed by atoms with Gasteiger partial charge in [-0.1, -0.05) is 0 Å². The molecular formula is C12H16N2S2. The lowest BCUT2D eigenvalue weighted by molar-refractivity contribution is 0.696. The summed E-state index contributed by atoms with van der Waals surface area (Å²) in [5.41, 5.74) is 4.48. The Hall–Kier alpha value is -0.710. The first-order valence-electron chi connectivity index (χ1n) is 5.32. The summed E-state index contributed by atoms with van der Waals surface area (Å²) in [6.45, 7) is 8.28. The van der Waals surface area contributed by atoms with Gasteiger partial charge in [0.1, 0.15) is 0 Å². The second-order valence-corrected chi connectivity index (χ2v) is 6.30. The molecule has 2 rings (SSSR count). The third-order valence-corrected chi connectivity index (χ3v) is 4.53. The van der Waals surface area contributed by atoms with Crippen LogP contribution in [0.4, 0.5) is 0 Å². The molecule has 0 spiro atoms. The zero-order valence-electron chi connectivity index (χ0n) is 9.83. The van der Waals surface area contributed by atoms with Crippen molar-refractivity contribution in [3.63, 3.8) is 0 Å². The molecule has 0 unspecified atom stereocenters. The Balaban J connectivity index is 1.89. The summed E-state index contributed by atoms with van der Waals surface area (Å²) in [6.07, 6.45) is 0. The average molecular weight is 252 g/mol. The summed E-state index contributed by atoms with van der Waals surface area (Å²) in [4.78, 5) is 8.40. The van der Waals surface area contributed by atoms with E-state index in [0.717, 1.165) is 18.8 Å². The van der Waals surface area contributed by atoms with Crippen molar-refractivity contribution >= 4 is 22.7 Å². The van der Waals surface area contributed by atoms with Crippen LogP contribution in [0.25, 0.3) is 0 Å². The zero-order chi connectivity index (χ0) is 11.5. The normalized spacial score (nSPS) is 10.9. The quantitative estimate of drug-likeness (QED) is 0.902. The van der Waals surface area contributed by atoms with Gasteiger partial charge in [0.2, 0.25) is 0 Å². The molecule has 2 aromatic rings. The van der Waals surface area contributed by atoms with Crippen LogP contribution in [0, 0.1) is 20.8 Å². The molecule has 4 heteroatoms. The van der Waals surface area contributed by atoms with Crippen molar-refractivity contribution in [3.05, 3.63) is 37.5 Å². The highest BCUT2D eigenvalue weighted by Crippen LogP contribution is 2.20. The van der Waals surface area contributed by atoms with Crippen molar-refractivity contribution in [2.75, 3.05) is 0 Å². The van der Waals surface area contributed by atoms with E-state index < -0.39 is 0 Å². The molecule has 0 aliphatic heterocycles. The van der Waals surface area contributed by atoms with Crippen molar-refractivity contribution in [3.8, 4) is 0 Å². The first-order chi connectivity index (χ1) is 7.66. The maximum absolute atomic E-state index is 4.24. The van der Waals surface area contributed by atoms with E-state index in [9.17, 15) is 0 Å². The highest BCUT2D eigenvalue weighted by molar-refractivity contribution is 7.12. The Morgan fingerprint density at radius 3 is 2.62 bits per heavy atom. The fourth-order valence-corrected chi connectivity index (χ4v) is 3.36. The van der Waals surface area contributed by atoms with E-state index in [-0.39, 0.29) is 0 Å². The van der Waals surface area contributed by atoms with E-state index in [0.29, 0.717) is 0 Å². The van der Waals surface area contributed by atoms with Crippen molar-refractivity contribution in [1.29, 1.82) is 0 Å². The second-order valence-electron chi connectivity index (χ2n) is 3.90. The lowest BCUT2D eigenvalue weighted by atomic mass is 10.2. The monoisotopic (exact) mass is 252 g/mol. The molecule has 0 amide bonds. The topological polar surface area (TPSA) is 24.9 Å². The Labute approximate surface area is 104 Å². The third kappa shape index (κ3) is 2.70. The molecule has 16 heavy (non-hydrogen) atoms. The Morgan fingerprint density at radius 2 is 2.06 bits per heavy atom. The van der Waals surface area contributed by atoms with E-state index >= 15 is 0 Å². The molecule has 0 radical (unpaired) electrons. The number of thiazole rings is 1. The van der Waals surface area contributed by atoms with Crippen LogP contribution >= 0.6 is 22.7 Å². The van der Waals surface area contributed by atoms with Crippen molar-refractivity contribution < 1.29 is 0 Å². The van der Waals surface area contributed by atoms with Crippen LogP contribution < -0.4 is 5.32 Å². The first kappa shape index (κ1) is 11.8. The fourth-order valence-electron chi connectivity index (χ4n) is 1.67. The van der Waals surface area contributed by atoms with Crippen LogP contribution in [0.5, 0.6) is 0 Å². The second kappa shape index (κ2) is 5.08. The molecule has 0 fully saturated rings. The fraction of sp³-hybridized carbons (Fsp3) is 0.417. The van der Waals surface area contributed by atoms with Gasteiger partial charge in [0.15, 0.2) is 0 Å². The van der Waals surface area contributed by atoms with Gasteiger partial charge in [-0.3, -0.25) is 0 Å². The molecule has 0 aromatic carbocycles. The Kier molecular flexibility index (Phi) is 3.74. The molecule has 0 atom stereocenters. The van der Waals surface area contributed by atoms with E-state index in [4.69, 9.17) is 0 Å². The maximum Gasteiger partial charge on any atom is 0.0798 e. The van der Waals surface area contributed by atoms with Crippen LogP contribution in [0.15, 0.2) is 11.6 Å². The van der Waals surface area contributed by atoms with Crippen molar-refractivity contribution in [2.24, 2.45) is 0 Å². The first-order valence-corrected chi connectivity index (χ1v) is 7.02. The molecular weight excluding hydrogens is 236 g/mol. The van der Waals surface area contributed by atoms with Gasteiger partial charge in [-0.05, 0) is 32.4 Å². The molecule has 0 aliphatic rings. The molecule has 1 N–H and O–H groups in total. The zero-order valence-corrected chi connectivity index (χ0v) is 11.5. The Bertz CT molecular complexity index is 471. The largest absolute Gasteiger partial charge is 0.308 e. The molecule has 0 saturated heterocycles. The van der Waals surface area contributed by atoms with Crippen LogP contribution in [-0.4, -0.2) is 4.98 Å². The number of aryl methyl sites for hydroxylation is 3. The summed E-state index contributed by atoms with van der Waals surface area (Å²) in [5.74, 6) is 0. The third-order valence-electron chi connectivity index (χ3n) is 2.59. The average Bonchev–Trinajstić information content (AvgIpc) is 2.75. The van der Waals surface area contributed by atoms with Gasteiger partial charge < -0.3 is 5.32 Å². The maximum atomic E-state index is 4.24. The highest BCUT2D eigenvalue weighted by atomic mass is 32.1. The van der Waals surface area contributed by atoms with Gasteiger partial charge in [0.25, 0.3) is 0 Å². The van der Waals surface area contributed by atoms with Gasteiger partial charge >= 0.3 is 0 Å². The van der Waals surface area contributed by atoms with Crippen LogP contribution in [0.1, 0.15) is 25.9 Å². The minimum absolute atomic E-state index is 0.921. The molecule has 0 saturated carbocycles. The predicted octanol–water partition coefficient (Wildman–Crippen LogP) is 3.42. The minimum atomic E-state index is 0.921. The summed E-state index contributed by atoms with van der Waals surface area (Å²) in [5, 5.41) is 3.48. The van der Waals surface area contributed by atoms with Gasteiger partial charge in [-0.25, -0.2) is 4.98 Å². The summed E-state index contributed by atoms with van der Waals surface area (Å²) >= 11 is 3.59. The molecule has 0 bridgehead atoms. The van der Waals surface area contributed by atoms with Gasteiger partial charge in [0, 0.05) is 27.7 Å². The predicted molar refractivity (Wildman–Crippen MR) is 71.2 cm³/mol. The number of hydrogen-bond donors (Lipinski definition) is 1. The van der Waals surface area contributed by atoms with E-state index in [1.807, 2.05) is 16.8 Å². The van der Waals surface area contributed by atoms with Crippen molar-refractivity contribution in [1.82, 2.24) is 10.3 Å². The van der Waals surface area contributed by atoms with Gasteiger partial charge in [-0.2, -0.15) is 0 Å². The molecule has 0 aliphatic carbocycles. The van der Waals surface area contributed by atoms with Crippen LogP contribution in [0.3, 0.4) is 0 Å². The molecule has 2 nitrogen and oxygen atoms in total. The van der Waals surface area contributed by atoms with Crippen LogP contribution in [-0.2, 0) is 13.1 Å². The van der Waals surface area contributed by atoms with E-state index in [1.165, 1.54) is 20.2 Å². The standard InChI is InChI=1S/C12H16N2S2/c1-8-4-11(10(3)16-8)5-13-6-12-9(2)14-7-15-12/h4,7,13H,5-6H2,1-3H3. The number of nitrogens with one attached hydrogen (secondary N) is 1. The summed E-state index contributed by atoms with van der Waals surface area (Å²) in [6, 6.07) is 2.27. The number of hydrogen-bond acceptors (Lipinski definition) is 4. The SMILES string of the molecule is Cc1cc(CNCc2scnc2C)c(C)s1. The van der Waals surface area contributed by atoms with Crippen molar-refractivity contribution in [2.45, 2.75) is 33.9 Å².